The van der Waals surface area contributed by atoms with Gasteiger partial charge in [0.25, 0.3) is 0 Å². The van der Waals surface area contributed by atoms with Gasteiger partial charge in [-0.1, -0.05) is 24.1 Å². The maximum atomic E-state index is 15.5. The molecule has 4 rings (SSSR count). The Balaban J connectivity index is 1.67. The molecule has 206 valence electrons. The molecule has 12 heteroatoms. The van der Waals surface area contributed by atoms with Crippen molar-refractivity contribution >= 4 is 27.4 Å². The second kappa shape index (κ2) is 10.7. The average molecular weight is 558 g/mol. The summed E-state index contributed by atoms with van der Waals surface area (Å²) in [5, 5.41) is 19.9. The van der Waals surface area contributed by atoms with Crippen molar-refractivity contribution in [2.45, 2.75) is 50.6 Å². The van der Waals surface area contributed by atoms with Gasteiger partial charge in [0.1, 0.15) is 16.5 Å². The zero-order valence-electron chi connectivity index (χ0n) is 21.8. The summed E-state index contributed by atoms with van der Waals surface area (Å²) in [5.74, 6) is 0.277. The van der Waals surface area contributed by atoms with Crippen LogP contribution in [0.5, 0.6) is 0 Å². The number of halogens is 2. The summed E-state index contributed by atoms with van der Waals surface area (Å²) in [6.07, 6.45) is 6.27. The molecule has 2 aromatic heterocycles. The van der Waals surface area contributed by atoms with E-state index in [4.69, 9.17) is 6.42 Å². The van der Waals surface area contributed by atoms with Crippen molar-refractivity contribution in [2.75, 3.05) is 18.1 Å². The van der Waals surface area contributed by atoms with Crippen LogP contribution < -0.4 is 5.32 Å². The number of carboxylic acid groups (broad SMARTS) is 1. The van der Waals surface area contributed by atoms with Gasteiger partial charge >= 0.3 is 5.97 Å². The largest absolute Gasteiger partial charge is 0.481 e. The Bertz CT molecular complexity index is 1570. The third kappa shape index (κ3) is 5.94. The fourth-order valence-electron chi connectivity index (χ4n) is 4.89. The molecule has 1 fully saturated rings. The van der Waals surface area contributed by atoms with Crippen LogP contribution in [0, 0.1) is 43.2 Å². The Kier molecular flexibility index (Phi) is 7.77. The first-order valence-corrected chi connectivity index (χ1v) is 14.1. The first-order chi connectivity index (χ1) is 18.3. The van der Waals surface area contributed by atoms with Crippen molar-refractivity contribution < 1.29 is 27.1 Å². The van der Waals surface area contributed by atoms with Crippen LogP contribution in [0.1, 0.15) is 35.4 Å². The predicted octanol–water partition coefficient (Wildman–Crippen LogP) is 3.76. The van der Waals surface area contributed by atoms with Crippen molar-refractivity contribution in [2.24, 2.45) is 5.41 Å². The number of aromatic nitrogens is 3. The van der Waals surface area contributed by atoms with Crippen LogP contribution in [0.3, 0.4) is 0 Å². The molecule has 3 N–H and O–H groups in total. The van der Waals surface area contributed by atoms with E-state index in [-0.39, 0.29) is 43.3 Å². The highest BCUT2D eigenvalue weighted by Gasteiger charge is 2.46. The number of hydrogen-bond acceptors (Lipinski definition) is 7. The van der Waals surface area contributed by atoms with Gasteiger partial charge in [0.05, 0.1) is 17.2 Å². The number of nitrogens with one attached hydrogen (secondary N) is 2. The number of anilines is 2. The molecule has 2 atom stereocenters. The van der Waals surface area contributed by atoms with Crippen LogP contribution in [0.15, 0.2) is 35.2 Å². The van der Waals surface area contributed by atoms with E-state index in [1.807, 2.05) is 4.90 Å². The van der Waals surface area contributed by atoms with Gasteiger partial charge in [0.2, 0.25) is 0 Å². The molecule has 0 aliphatic carbocycles. The first kappa shape index (κ1) is 28.2. The number of rotatable bonds is 8. The molecular weight excluding hydrogens is 528 g/mol. The number of pyridine rings is 1. The molecule has 0 saturated carbocycles. The van der Waals surface area contributed by atoms with E-state index >= 15 is 4.39 Å². The molecule has 0 amide bonds. The summed E-state index contributed by atoms with van der Waals surface area (Å²) < 4.78 is 55.0. The summed E-state index contributed by atoms with van der Waals surface area (Å²) in [4.78, 5) is 18.1. The second-order valence-electron chi connectivity index (χ2n) is 10.0. The summed E-state index contributed by atoms with van der Waals surface area (Å²) in [6.45, 7) is 3.82. The van der Waals surface area contributed by atoms with Gasteiger partial charge in [-0.3, -0.25) is 14.8 Å². The molecule has 1 aliphatic rings. The minimum Gasteiger partial charge on any atom is -0.481 e. The van der Waals surface area contributed by atoms with Crippen LogP contribution in [-0.4, -0.2) is 58.4 Å². The average Bonchev–Trinajstić information content (AvgIpc) is 3.28. The van der Waals surface area contributed by atoms with Crippen LogP contribution in [-0.2, 0) is 27.6 Å². The van der Waals surface area contributed by atoms with E-state index in [1.54, 1.807) is 38.1 Å². The maximum Gasteiger partial charge on any atom is 0.310 e. The number of piperidine rings is 1. The van der Waals surface area contributed by atoms with Gasteiger partial charge in [0, 0.05) is 49.2 Å². The fraction of sp³-hybridized carbons (Fsp3) is 0.370. The molecule has 1 aromatic carbocycles. The maximum absolute atomic E-state index is 15.5. The van der Waals surface area contributed by atoms with Gasteiger partial charge in [-0.25, -0.2) is 22.2 Å². The number of likely N-dealkylation sites (tertiary alicyclic amines) is 1. The monoisotopic (exact) mass is 557 g/mol. The highest BCUT2D eigenvalue weighted by atomic mass is 32.2. The molecular formula is C27H29F2N5O4S. The molecule has 0 radical (unpaired) electrons. The van der Waals surface area contributed by atoms with Crippen molar-refractivity contribution in [1.82, 2.24) is 20.1 Å². The topological polar surface area (TPSA) is 128 Å². The lowest BCUT2D eigenvalue weighted by atomic mass is 9.72. The van der Waals surface area contributed by atoms with Gasteiger partial charge < -0.3 is 10.4 Å². The number of aryl methyl sites for hydroxylation is 2. The normalized spacial score (nSPS) is 19.9. The van der Waals surface area contributed by atoms with E-state index in [0.717, 1.165) is 18.0 Å². The number of carbonyl (C=O) groups is 1. The van der Waals surface area contributed by atoms with Crippen molar-refractivity contribution in [3.05, 3.63) is 64.5 Å². The third-order valence-corrected chi connectivity index (χ3v) is 8.15. The number of aromatic amines is 1. The number of benzene rings is 1. The van der Waals surface area contributed by atoms with E-state index in [0.29, 0.717) is 16.9 Å². The van der Waals surface area contributed by atoms with Crippen molar-refractivity contribution in [3.63, 3.8) is 0 Å². The zero-order chi connectivity index (χ0) is 28.5. The Morgan fingerprint density at radius 1 is 1.28 bits per heavy atom. The molecule has 3 aromatic rings. The summed E-state index contributed by atoms with van der Waals surface area (Å²) >= 11 is 0. The van der Waals surface area contributed by atoms with Crippen LogP contribution in [0.2, 0.25) is 0 Å². The predicted molar refractivity (Wildman–Crippen MR) is 141 cm³/mol. The van der Waals surface area contributed by atoms with Gasteiger partial charge in [-0.2, -0.15) is 5.10 Å². The van der Waals surface area contributed by atoms with Gasteiger partial charge in [-0.05, 0) is 32.3 Å². The van der Waals surface area contributed by atoms with Gasteiger partial charge in [0.15, 0.2) is 21.5 Å². The van der Waals surface area contributed by atoms with E-state index in [2.05, 4.69) is 26.4 Å². The molecule has 0 bridgehead atoms. The fourth-order valence-corrected chi connectivity index (χ4v) is 5.66. The first-order valence-electron chi connectivity index (χ1n) is 12.2. The minimum atomic E-state index is -4.02. The lowest BCUT2D eigenvalue weighted by Gasteiger charge is -2.42. The zero-order valence-corrected chi connectivity index (χ0v) is 22.6. The van der Waals surface area contributed by atoms with E-state index in [9.17, 15) is 22.7 Å². The molecule has 0 unspecified atom stereocenters. The van der Waals surface area contributed by atoms with Crippen molar-refractivity contribution in [1.29, 1.82) is 0 Å². The number of H-pyrrole nitrogens is 1. The number of terminal acetylenes is 1. The van der Waals surface area contributed by atoms with Gasteiger partial charge in [-0.15, -0.1) is 6.42 Å². The minimum absolute atomic E-state index is 0.000257. The lowest BCUT2D eigenvalue weighted by Crippen LogP contribution is -2.50. The molecule has 1 aliphatic heterocycles. The molecule has 39 heavy (non-hydrogen) atoms. The second-order valence-corrected chi connectivity index (χ2v) is 12.0. The molecule has 0 spiro atoms. The number of hydrogen-bond donors (Lipinski definition) is 3. The van der Waals surface area contributed by atoms with Crippen LogP contribution in [0.25, 0.3) is 0 Å². The highest BCUT2D eigenvalue weighted by Crippen LogP contribution is 2.40. The summed E-state index contributed by atoms with van der Waals surface area (Å²) in [6, 6.07) is 7.07. The van der Waals surface area contributed by atoms with E-state index in [1.165, 1.54) is 0 Å². The standard InChI is InChI=1S/C27H29F2N5O4S/c1-5-19-13-27(26(35)36,9-10-34(19)15-18-8-6-7-16(2)24(18)28)14-20-25(29)21(39(4,37)38)12-22(30-20)31-23-11-17(3)32-33-23/h1,6-8,11-12,19H,9-10,13-15H2,2-4H3,(H,35,36)(H2,30,31,32,33)/t19-,27-/m1/s1. The quantitative estimate of drug-likeness (QED) is 0.357. The Morgan fingerprint density at radius 2 is 2.03 bits per heavy atom. The van der Waals surface area contributed by atoms with Crippen LogP contribution in [0.4, 0.5) is 20.4 Å². The summed E-state index contributed by atoms with van der Waals surface area (Å²) in [5.41, 5.74) is -0.183. The Morgan fingerprint density at radius 3 is 2.64 bits per heavy atom. The van der Waals surface area contributed by atoms with Crippen LogP contribution >= 0.6 is 0 Å². The highest BCUT2D eigenvalue weighted by molar-refractivity contribution is 7.90. The van der Waals surface area contributed by atoms with Crippen molar-refractivity contribution in [3.8, 4) is 12.3 Å². The lowest BCUT2D eigenvalue weighted by molar-refractivity contribution is -0.153. The number of aliphatic carboxylic acids is 1. The Labute approximate surface area is 225 Å². The molecule has 1 saturated heterocycles. The Hall–Kier alpha value is -3.82. The van der Waals surface area contributed by atoms with E-state index < -0.39 is 44.4 Å². The number of sulfone groups is 1. The molecule has 3 heterocycles. The SMILES string of the molecule is C#C[C@@H]1C[C@](Cc2nc(Nc3cc(C)[nH]n3)cc(S(C)(=O)=O)c2F)(C(=O)O)CCN1Cc1cccc(C)c1F. The number of nitrogens with zero attached hydrogens (tertiary/aromatic N) is 3. The number of carboxylic acids is 1. The third-order valence-electron chi connectivity index (χ3n) is 7.05. The smallest absolute Gasteiger partial charge is 0.310 e. The molecule has 9 nitrogen and oxygen atoms in total. The summed E-state index contributed by atoms with van der Waals surface area (Å²) in [7, 11) is -4.02.